The molecule has 1 aromatic heterocycles. The molecule has 0 saturated carbocycles. The molecule has 7 heteroatoms. The normalized spacial score (nSPS) is 11.4. The molecule has 7 nitrogen and oxygen atoms in total. The summed E-state index contributed by atoms with van der Waals surface area (Å²) in [7, 11) is 2.83. The monoisotopic (exact) mass is 460 g/mol. The number of ether oxygens (including phenoxy) is 3. The molecule has 0 fully saturated rings. The van der Waals surface area contributed by atoms with Gasteiger partial charge in [0.15, 0.2) is 0 Å². The highest BCUT2D eigenvalue weighted by molar-refractivity contribution is 6.16. The number of nitrogens with zero attached hydrogens (tertiary/aromatic N) is 2. The molecule has 0 saturated heterocycles. The number of aryl methyl sites for hydroxylation is 2. The van der Waals surface area contributed by atoms with E-state index in [9.17, 15) is 4.79 Å². The summed E-state index contributed by atoms with van der Waals surface area (Å²) < 4.78 is 16.1. The van der Waals surface area contributed by atoms with Gasteiger partial charge in [0.05, 0.1) is 26.7 Å². The molecule has 0 spiro atoms. The maximum absolute atomic E-state index is 12.2. The number of carbonyl (C=O) groups excluding carboxylic acids is 1. The standard InChI is InChI=1S/C27H28N2O5/c1-19-14-26(20(2)13-23(19)15-29-34-16-21-9-11-28-12-10-21)33-17-22-7-5-6-8-24(22)25(18-31-3)27(30)32-4/h5-15,18H,16-17H2,1-4H3. The van der Waals surface area contributed by atoms with E-state index in [0.717, 1.165) is 33.6 Å². The first-order valence-electron chi connectivity index (χ1n) is 10.7. The Morgan fingerprint density at radius 2 is 1.76 bits per heavy atom. The van der Waals surface area contributed by atoms with Gasteiger partial charge in [0.25, 0.3) is 0 Å². The number of oxime groups is 1. The number of pyridine rings is 1. The van der Waals surface area contributed by atoms with Crippen molar-refractivity contribution in [2.24, 2.45) is 5.16 Å². The molecule has 0 aliphatic rings. The minimum atomic E-state index is -0.476. The van der Waals surface area contributed by atoms with Crippen LogP contribution in [0.25, 0.3) is 5.57 Å². The zero-order chi connectivity index (χ0) is 24.3. The molecule has 0 aliphatic heterocycles. The van der Waals surface area contributed by atoms with E-state index in [0.29, 0.717) is 17.7 Å². The minimum absolute atomic E-state index is 0.275. The summed E-state index contributed by atoms with van der Waals surface area (Å²) in [6.07, 6.45) is 6.51. The third-order valence-electron chi connectivity index (χ3n) is 5.14. The first-order valence-corrected chi connectivity index (χ1v) is 10.7. The summed E-state index contributed by atoms with van der Waals surface area (Å²) in [5.41, 5.74) is 5.76. The minimum Gasteiger partial charge on any atom is -0.503 e. The first kappa shape index (κ1) is 24.5. The number of hydrogen-bond acceptors (Lipinski definition) is 7. The zero-order valence-electron chi connectivity index (χ0n) is 19.8. The number of benzene rings is 2. The molecule has 3 aromatic rings. The van der Waals surface area contributed by atoms with Crippen molar-refractivity contribution in [3.8, 4) is 5.75 Å². The highest BCUT2D eigenvalue weighted by Gasteiger charge is 2.17. The van der Waals surface area contributed by atoms with E-state index >= 15 is 0 Å². The summed E-state index contributed by atoms with van der Waals surface area (Å²) in [4.78, 5) is 21.6. The van der Waals surface area contributed by atoms with Crippen molar-refractivity contribution in [3.63, 3.8) is 0 Å². The van der Waals surface area contributed by atoms with Crippen molar-refractivity contribution in [2.45, 2.75) is 27.1 Å². The van der Waals surface area contributed by atoms with Crippen LogP contribution in [0.1, 0.15) is 33.4 Å². The molecular formula is C27H28N2O5. The second-order valence-corrected chi connectivity index (χ2v) is 7.54. The van der Waals surface area contributed by atoms with Gasteiger partial charge in [-0.3, -0.25) is 4.98 Å². The van der Waals surface area contributed by atoms with Gasteiger partial charge in [-0.05, 0) is 71.5 Å². The van der Waals surface area contributed by atoms with Gasteiger partial charge in [-0.15, -0.1) is 0 Å². The van der Waals surface area contributed by atoms with Crippen molar-refractivity contribution >= 4 is 17.8 Å². The fourth-order valence-corrected chi connectivity index (χ4v) is 3.31. The van der Waals surface area contributed by atoms with E-state index in [1.165, 1.54) is 20.5 Å². The second-order valence-electron chi connectivity index (χ2n) is 7.54. The first-order chi connectivity index (χ1) is 16.5. The van der Waals surface area contributed by atoms with Crippen molar-refractivity contribution < 1.29 is 23.8 Å². The molecule has 34 heavy (non-hydrogen) atoms. The molecule has 1 heterocycles. The Kier molecular flexibility index (Phi) is 8.80. The third-order valence-corrected chi connectivity index (χ3v) is 5.14. The largest absolute Gasteiger partial charge is 0.503 e. The van der Waals surface area contributed by atoms with Gasteiger partial charge in [0.2, 0.25) is 0 Å². The Morgan fingerprint density at radius 3 is 2.50 bits per heavy atom. The lowest BCUT2D eigenvalue weighted by molar-refractivity contribution is -0.133. The molecule has 0 unspecified atom stereocenters. The number of rotatable bonds is 10. The van der Waals surface area contributed by atoms with E-state index in [4.69, 9.17) is 19.0 Å². The Morgan fingerprint density at radius 1 is 1.00 bits per heavy atom. The predicted octanol–water partition coefficient (Wildman–Crippen LogP) is 4.99. The summed E-state index contributed by atoms with van der Waals surface area (Å²) >= 11 is 0. The van der Waals surface area contributed by atoms with Crippen LogP contribution in [-0.4, -0.2) is 31.4 Å². The smallest absolute Gasteiger partial charge is 0.341 e. The van der Waals surface area contributed by atoms with Crippen LogP contribution in [0.5, 0.6) is 5.75 Å². The molecule has 0 aliphatic carbocycles. The average Bonchev–Trinajstić information content (AvgIpc) is 2.86. The maximum atomic E-state index is 12.2. The van der Waals surface area contributed by atoms with Crippen molar-refractivity contribution in [2.75, 3.05) is 14.2 Å². The molecule has 176 valence electrons. The fraction of sp³-hybridized carbons (Fsp3) is 0.222. The molecule has 3 rings (SSSR count). The quantitative estimate of drug-likeness (QED) is 0.139. The van der Waals surface area contributed by atoms with Crippen LogP contribution >= 0.6 is 0 Å². The van der Waals surface area contributed by atoms with Crippen LogP contribution in [0.2, 0.25) is 0 Å². The Balaban J connectivity index is 1.70. The lowest BCUT2D eigenvalue weighted by atomic mass is 10.0. The van der Waals surface area contributed by atoms with Gasteiger partial charge in [-0.2, -0.15) is 0 Å². The topological polar surface area (TPSA) is 79.2 Å². The van der Waals surface area contributed by atoms with E-state index in [1.54, 1.807) is 18.6 Å². The van der Waals surface area contributed by atoms with Gasteiger partial charge >= 0.3 is 5.97 Å². The summed E-state index contributed by atoms with van der Waals surface area (Å²) in [5, 5.41) is 4.09. The Labute approximate surface area is 199 Å². The highest BCUT2D eigenvalue weighted by Crippen LogP contribution is 2.26. The van der Waals surface area contributed by atoms with Crippen LogP contribution in [0.3, 0.4) is 0 Å². The van der Waals surface area contributed by atoms with Crippen LogP contribution in [0.4, 0.5) is 0 Å². The van der Waals surface area contributed by atoms with Gasteiger partial charge in [-0.25, -0.2) is 4.79 Å². The average molecular weight is 461 g/mol. The van der Waals surface area contributed by atoms with Crippen molar-refractivity contribution in [1.82, 2.24) is 4.98 Å². The lowest BCUT2D eigenvalue weighted by Gasteiger charge is -2.15. The second kappa shape index (κ2) is 12.2. The zero-order valence-corrected chi connectivity index (χ0v) is 19.8. The van der Waals surface area contributed by atoms with Crippen LogP contribution < -0.4 is 4.74 Å². The molecular weight excluding hydrogens is 432 g/mol. The molecule has 0 radical (unpaired) electrons. The predicted molar refractivity (Wildman–Crippen MR) is 130 cm³/mol. The highest BCUT2D eigenvalue weighted by atomic mass is 16.6. The van der Waals surface area contributed by atoms with Crippen molar-refractivity contribution in [1.29, 1.82) is 0 Å². The number of esters is 1. The maximum Gasteiger partial charge on any atom is 0.341 e. The lowest BCUT2D eigenvalue weighted by Crippen LogP contribution is -2.08. The van der Waals surface area contributed by atoms with Crippen LogP contribution in [-0.2, 0) is 32.3 Å². The Bertz CT molecular complexity index is 1170. The SMILES string of the molecule is COC=C(C(=O)OC)c1ccccc1COc1cc(C)c(C=NOCc2ccncc2)cc1C. The number of methoxy groups -OCH3 is 2. The summed E-state index contributed by atoms with van der Waals surface area (Å²) in [5.74, 6) is 0.272. The van der Waals surface area contributed by atoms with Gasteiger partial charge in [0, 0.05) is 12.4 Å². The van der Waals surface area contributed by atoms with E-state index < -0.39 is 5.97 Å². The molecule has 2 aromatic carbocycles. The van der Waals surface area contributed by atoms with Crippen LogP contribution in [0.15, 0.2) is 72.3 Å². The van der Waals surface area contributed by atoms with E-state index in [-0.39, 0.29) is 6.61 Å². The fourth-order valence-electron chi connectivity index (χ4n) is 3.31. The van der Waals surface area contributed by atoms with Crippen LogP contribution in [0, 0.1) is 13.8 Å². The number of hydrogen-bond donors (Lipinski definition) is 0. The number of aromatic nitrogens is 1. The van der Waals surface area contributed by atoms with Gasteiger partial charge < -0.3 is 19.0 Å². The van der Waals surface area contributed by atoms with E-state index in [1.807, 2.05) is 62.4 Å². The molecule has 0 atom stereocenters. The van der Waals surface area contributed by atoms with E-state index in [2.05, 4.69) is 10.1 Å². The summed E-state index contributed by atoms with van der Waals surface area (Å²) in [6, 6.07) is 15.2. The Hall–Kier alpha value is -4.13. The molecule has 0 N–H and O–H groups in total. The third kappa shape index (κ3) is 6.45. The summed E-state index contributed by atoms with van der Waals surface area (Å²) in [6.45, 7) is 4.61. The molecule has 0 amide bonds. The number of carbonyl (C=O) groups is 1. The van der Waals surface area contributed by atoms with Gasteiger partial charge in [0.1, 0.15) is 24.5 Å². The molecule has 0 bridgehead atoms. The van der Waals surface area contributed by atoms with Gasteiger partial charge in [-0.1, -0.05) is 29.4 Å². The van der Waals surface area contributed by atoms with Crippen molar-refractivity contribution in [3.05, 3.63) is 101 Å².